The van der Waals surface area contributed by atoms with Gasteiger partial charge in [-0.1, -0.05) is 0 Å². The maximum absolute atomic E-state index is 12.5. The smallest absolute Gasteiger partial charge is 0.269 e. The van der Waals surface area contributed by atoms with E-state index in [9.17, 15) is 13.6 Å². The normalized spacial score (nSPS) is 10.5. The lowest BCUT2D eigenvalue weighted by Gasteiger charge is -2.09. The summed E-state index contributed by atoms with van der Waals surface area (Å²) in [5, 5.41) is 0. The number of carbonyl (C=O) groups is 1. The molecule has 0 saturated heterocycles. The molecule has 0 fully saturated rings. The Morgan fingerprint density at radius 1 is 1.67 bits per heavy atom. The van der Waals surface area contributed by atoms with Crippen molar-refractivity contribution < 1.29 is 18.3 Å². The molecule has 1 rings (SSSR count). The highest BCUT2D eigenvalue weighted by Gasteiger charge is 2.20. The number of primary amides is 1. The summed E-state index contributed by atoms with van der Waals surface area (Å²) in [5.74, 6) is -1.06. The fraction of sp³-hybridized carbons (Fsp3) is 0.250. The van der Waals surface area contributed by atoms with Crippen LogP contribution in [0.5, 0.6) is 5.88 Å². The van der Waals surface area contributed by atoms with Crippen LogP contribution in [-0.2, 0) is 0 Å². The van der Waals surface area contributed by atoms with Gasteiger partial charge in [0.25, 0.3) is 12.3 Å². The molecule has 0 aromatic carbocycles. The molecule has 0 bridgehead atoms. The Labute approximate surface area is 98.0 Å². The minimum atomic E-state index is -2.71. The molecule has 1 aromatic heterocycles. The number of nitrogens with two attached hydrogens (primary N) is 1. The third-order valence-electron chi connectivity index (χ3n) is 1.63. The maximum Gasteiger partial charge on any atom is 0.269 e. The van der Waals surface area contributed by atoms with Gasteiger partial charge in [0.1, 0.15) is 5.69 Å². The molecule has 7 heteroatoms. The van der Waals surface area contributed by atoms with Crippen LogP contribution in [0.1, 0.15) is 22.5 Å². The van der Waals surface area contributed by atoms with E-state index in [1.165, 1.54) is 7.11 Å². The molecule has 1 aromatic rings. The van der Waals surface area contributed by atoms with Gasteiger partial charge in [0.15, 0.2) is 0 Å². The Balaban J connectivity index is 3.35. The van der Waals surface area contributed by atoms with Crippen LogP contribution in [0.15, 0.2) is 6.07 Å². The summed E-state index contributed by atoms with van der Waals surface area (Å²) >= 11 is 1.72. The minimum absolute atomic E-state index is 0.0724. The summed E-state index contributed by atoms with van der Waals surface area (Å²) < 4.78 is 29.9. The highest BCUT2D eigenvalue weighted by molar-refractivity contribution is 14.1. The summed E-state index contributed by atoms with van der Waals surface area (Å²) in [6.45, 7) is 0. The van der Waals surface area contributed by atoms with E-state index in [-0.39, 0.29) is 20.7 Å². The van der Waals surface area contributed by atoms with Crippen LogP contribution in [0.25, 0.3) is 0 Å². The molecule has 2 N–H and O–H groups in total. The molecule has 82 valence electrons. The van der Waals surface area contributed by atoms with Gasteiger partial charge in [-0.2, -0.15) is 0 Å². The first-order chi connectivity index (χ1) is 6.97. The topological polar surface area (TPSA) is 65.2 Å². The minimum Gasteiger partial charge on any atom is -0.481 e. The number of alkyl halides is 2. The Bertz CT molecular complexity index is 398. The van der Waals surface area contributed by atoms with Crippen LogP contribution < -0.4 is 10.5 Å². The van der Waals surface area contributed by atoms with Gasteiger partial charge in [0.2, 0.25) is 5.88 Å². The number of pyridine rings is 1. The molecule has 0 aliphatic carbocycles. The van der Waals surface area contributed by atoms with Gasteiger partial charge in [0.05, 0.1) is 12.7 Å². The number of carbonyl (C=O) groups excluding carboxylic acids is 1. The molecule has 1 amide bonds. The van der Waals surface area contributed by atoms with Gasteiger partial charge in [-0.05, 0) is 28.7 Å². The molecule has 1 heterocycles. The van der Waals surface area contributed by atoms with Gasteiger partial charge in [-0.15, -0.1) is 0 Å². The summed E-state index contributed by atoms with van der Waals surface area (Å²) in [6.07, 6.45) is -2.71. The number of rotatable bonds is 3. The van der Waals surface area contributed by atoms with E-state index in [1.54, 1.807) is 22.6 Å². The van der Waals surface area contributed by atoms with Crippen LogP contribution in [-0.4, -0.2) is 18.0 Å². The summed E-state index contributed by atoms with van der Waals surface area (Å²) in [4.78, 5) is 14.5. The third-order valence-corrected chi connectivity index (χ3v) is 2.45. The molecular weight excluding hydrogens is 321 g/mol. The zero-order valence-electron chi connectivity index (χ0n) is 7.63. The van der Waals surface area contributed by atoms with Gasteiger partial charge in [-0.25, -0.2) is 13.8 Å². The van der Waals surface area contributed by atoms with Crippen molar-refractivity contribution in [1.82, 2.24) is 4.98 Å². The first kappa shape index (κ1) is 12.1. The van der Waals surface area contributed by atoms with Crippen LogP contribution in [0, 0.1) is 3.57 Å². The Morgan fingerprint density at radius 2 is 2.27 bits per heavy atom. The largest absolute Gasteiger partial charge is 0.481 e. The number of ether oxygens (including phenoxy) is 1. The van der Waals surface area contributed by atoms with Crippen molar-refractivity contribution in [2.45, 2.75) is 6.43 Å². The van der Waals surface area contributed by atoms with Crippen molar-refractivity contribution in [3.63, 3.8) is 0 Å². The molecule has 15 heavy (non-hydrogen) atoms. The van der Waals surface area contributed by atoms with Gasteiger partial charge in [-0.3, -0.25) is 4.79 Å². The summed E-state index contributed by atoms with van der Waals surface area (Å²) in [7, 11) is 1.20. The van der Waals surface area contributed by atoms with Crippen molar-refractivity contribution in [3.05, 3.63) is 20.9 Å². The van der Waals surface area contributed by atoms with E-state index in [0.29, 0.717) is 0 Å². The van der Waals surface area contributed by atoms with E-state index < -0.39 is 12.3 Å². The van der Waals surface area contributed by atoms with Crippen LogP contribution in [0.3, 0.4) is 0 Å². The highest BCUT2D eigenvalue weighted by Crippen LogP contribution is 2.29. The van der Waals surface area contributed by atoms with Crippen LogP contribution in [0.4, 0.5) is 8.78 Å². The molecule has 0 aliphatic rings. The average Bonchev–Trinajstić information content (AvgIpc) is 2.16. The van der Waals surface area contributed by atoms with Gasteiger partial charge in [0, 0.05) is 3.57 Å². The number of amides is 1. The summed E-state index contributed by atoms with van der Waals surface area (Å²) in [5.41, 5.74) is 4.59. The molecule has 0 aliphatic heterocycles. The molecule has 0 saturated carbocycles. The van der Waals surface area contributed by atoms with Crippen molar-refractivity contribution >= 4 is 28.5 Å². The number of nitrogens with zero attached hydrogens (tertiary/aromatic N) is 1. The molecule has 0 spiro atoms. The fourth-order valence-corrected chi connectivity index (χ4v) is 1.70. The number of methoxy groups -OCH3 is 1. The quantitative estimate of drug-likeness (QED) is 0.860. The Hall–Kier alpha value is -0.990. The predicted octanol–water partition coefficient (Wildman–Crippen LogP) is 1.73. The zero-order valence-corrected chi connectivity index (χ0v) is 9.79. The first-order valence-electron chi connectivity index (χ1n) is 3.79. The number of halogens is 3. The zero-order chi connectivity index (χ0) is 11.6. The molecule has 0 unspecified atom stereocenters. The third kappa shape index (κ3) is 2.52. The Morgan fingerprint density at radius 3 is 2.67 bits per heavy atom. The molecule has 0 radical (unpaired) electrons. The van der Waals surface area contributed by atoms with Crippen molar-refractivity contribution in [1.29, 1.82) is 0 Å². The molecule has 0 atom stereocenters. The lowest BCUT2D eigenvalue weighted by atomic mass is 10.2. The van der Waals surface area contributed by atoms with E-state index in [2.05, 4.69) is 9.72 Å². The maximum atomic E-state index is 12.5. The lowest BCUT2D eigenvalue weighted by Crippen LogP contribution is -2.16. The highest BCUT2D eigenvalue weighted by atomic mass is 127. The Kier molecular flexibility index (Phi) is 3.77. The fourth-order valence-electron chi connectivity index (χ4n) is 0.979. The molecular formula is C8H7F2IN2O2. The second kappa shape index (κ2) is 4.69. The number of aromatic nitrogens is 1. The van der Waals surface area contributed by atoms with Crippen LogP contribution in [0.2, 0.25) is 0 Å². The standard InChI is InChI=1S/C8H7F2IN2O2/c1-15-8-3(6(9)10)2-4(11)5(13-8)7(12)14/h2,6H,1H3,(H2,12,14). The first-order valence-corrected chi connectivity index (χ1v) is 4.87. The van der Waals surface area contributed by atoms with E-state index in [4.69, 9.17) is 5.73 Å². The predicted molar refractivity (Wildman–Crippen MR) is 57.0 cm³/mol. The monoisotopic (exact) mass is 328 g/mol. The second-order valence-electron chi connectivity index (χ2n) is 2.58. The average molecular weight is 328 g/mol. The number of hydrogen-bond acceptors (Lipinski definition) is 3. The van der Waals surface area contributed by atoms with Crippen LogP contribution >= 0.6 is 22.6 Å². The van der Waals surface area contributed by atoms with Crippen molar-refractivity contribution in [2.24, 2.45) is 5.73 Å². The lowest BCUT2D eigenvalue weighted by molar-refractivity contribution is 0.0992. The SMILES string of the molecule is COc1nc(C(N)=O)c(I)cc1C(F)F. The van der Waals surface area contributed by atoms with Gasteiger partial charge >= 0.3 is 0 Å². The second-order valence-corrected chi connectivity index (χ2v) is 3.74. The summed E-state index contributed by atoms with van der Waals surface area (Å²) in [6, 6.07) is 1.14. The van der Waals surface area contributed by atoms with Crippen molar-refractivity contribution in [2.75, 3.05) is 7.11 Å². The van der Waals surface area contributed by atoms with E-state index in [1.807, 2.05) is 0 Å². The number of hydrogen-bond donors (Lipinski definition) is 1. The van der Waals surface area contributed by atoms with Gasteiger partial charge < -0.3 is 10.5 Å². The van der Waals surface area contributed by atoms with E-state index in [0.717, 1.165) is 6.07 Å². The van der Waals surface area contributed by atoms with E-state index >= 15 is 0 Å². The molecule has 4 nitrogen and oxygen atoms in total. The van der Waals surface area contributed by atoms with Crippen molar-refractivity contribution in [3.8, 4) is 5.88 Å².